The minimum absolute atomic E-state index is 0.0381. The molecule has 1 aliphatic heterocycles. The van der Waals surface area contributed by atoms with Gasteiger partial charge in [-0.1, -0.05) is 22.0 Å². The van der Waals surface area contributed by atoms with E-state index in [9.17, 15) is 9.59 Å². The zero-order valence-corrected chi connectivity index (χ0v) is 13.4. The maximum atomic E-state index is 12.5. The standard InChI is InChI=1S/C15H19BrN2O2/c1-11-4-5-13(10-14(11)16)15(20)18-7-3-6-17(8-9-18)12(2)19/h4-5,10H,3,6-9H2,1-2H3. The molecular formula is C15H19BrN2O2. The highest BCUT2D eigenvalue weighted by Crippen LogP contribution is 2.19. The van der Waals surface area contributed by atoms with E-state index in [4.69, 9.17) is 0 Å². The highest BCUT2D eigenvalue weighted by Gasteiger charge is 2.21. The van der Waals surface area contributed by atoms with Gasteiger partial charge in [0.25, 0.3) is 5.91 Å². The first-order valence-electron chi connectivity index (χ1n) is 6.80. The van der Waals surface area contributed by atoms with Gasteiger partial charge in [0, 0.05) is 43.1 Å². The molecule has 108 valence electrons. The van der Waals surface area contributed by atoms with Crippen LogP contribution in [0.3, 0.4) is 0 Å². The van der Waals surface area contributed by atoms with Crippen LogP contribution in [0.25, 0.3) is 0 Å². The Bertz CT molecular complexity index is 531. The molecule has 1 aromatic carbocycles. The fourth-order valence-corrected chi connectivity index (χ4v) is 2.72. The third-order valence-electron chi connectivity index (χ3n) is 3.65. The van der Waals surface area contributed by atoms with Gasteiger partial charge in [0.2, 0.25) is 5.91 Å². The second-order valence-electron chi connectivity index (χ2n) is 5.12. The molecule has 0 N–H and O–H groups in total. The maximum absolute atomic E-state index is 12.5. The molecule has 0 spiro atoms. The smallest absolute Gasteiger partial charge is 0.253 e. The Morgan fingerprint density at radius 1 is 1.10 bits per heavy atom. The minimum Gasteiger partial charge on any atom is -0.341 e. The van der Waals surface area contributed by atoms with Crippen molar-refractivity contribution in [1.82, 2.24) is 9.80 Å². The second-order valence-corrected chi connectivity index (χ2v) is 5.97. The summed E-state index contributed by atoms with van der Waals surface area (Å²) >= 11 is 3.46. The molecule has 1 aromatic rings. The molecule has 1 fully saturated rings. The van der Waals surface area contributed by atoms with Crippen molar-refractivity contribution in [3.63, 3.8) is 0 Å². The Morgan fingerprint density at radius 2 is 1.75 bits per heavy atom. The van der Waals surface area contributed by atoms with Crippen LogP contribution in [0.15, 0.2) is 22.7 Å². The number of halogens is 1. The fourth-order valence-electron chi connectivity index (χ4n) is 2.34. The highest BCUT2D eigenvalue weighted by molar-refractivity contribution is 9.10. The van der Waals surface area contributed by atoms with Gasteiger partial charge in [0.15, 0.2) is 0 Å². The third-order valence-corrected chi connectivity index (χ3v) is 4.50. The van der Waals surface area contributed by atoms with Gasteiger partial charge >= 0.3 is 0 Å². The van der Waals surface area contributed by atoms with Gasteiger partial charge in [0.1, 0.15) is 0 Å². The molecular weight excluding hydrogens is 320 g/mol. The number of carbonyl (C=O) groups is 2. The molecule has 0 bridgehead atoms. The fraction of sp³-hybridized carbons (Fsp3) is 0.467. The number of amides is 2. The molecule has 0 atom stereocenters. The number of aryl methyl sites for hydroxylation is 1. The molecule has 0 saturated carbocycles. The monoisotopic (exact) mass is 338 g/mol. The van der Waals surface area contributed by atoms with Crippen LogP contribution in [0, 0.1) is 6.92 Å². The van der Waals surface area contributed by atoms with Crippen LogP contribution >= 0.6 is 15.9 Å². The van der Waals surface area contributed by atoms with Crippen LogP contribution in [0.2, 0.25) is 0 Å². The number of hydrogen-bond donors (Lipinski definition) is 0. The molecule has 1 heterocycles. The lowest BCUT2D eigenvalue weighted by atomic mass is 10.1. The summed E-state index contributed by atoms with van der Waals surface area (Å²) in [6.45, 7) is 6.23. The lowest BCUT2D eigenvalue weighted by Crippen LogP contribution is -2.36. The van der Waals surface area contributed by atoms with E-state index < -0.39 is 0 Å². The quantitative estimate of drug-likeness (QED) is 0.789. The van der Waals surface area contributed by atoms with E-state index in [-0.39, 0.29) is 11.8 Å². The van der Waals surface area contributed by atoms with Crippen LogP contribution in [0.1, 0.15) is 29.3 Å². The number of nitrogens with zero attached hydrogens (tertiary/aromatic N) is 2. The predicted molar refractivity (Wildman–Crippen MR) is 81.7 cm³/mol. The average Bonchev–Trinajstić information content (AvgIpc) is 2.67. The summed E-state index contributed by atoms with van der Waals surface area (Å²) in [4.78, 5) is 27.5. The van der Waals surface area contributed by atoms with Crippen molar-refractivity contribution in [2.24, 2.45) is 0 Å². The van der Waals surface area contributed by atoms with Crippen LogP contribution in [-0.4, -0.2) is 47.8 Å². The summed E-state index contributed by atoms with van der Waals surface area (Å²) in [7, 11) is 0. The van der Waals surface area contributed by atoms with E-state index in [1.165, 1.54) is 0 Å². The summed E-state index contributed by atoms with van der Waals surface area (Å²) < 4.78 is 0.948. The van der Waals surface area contributed by atoms with Gasteiger partial charge in [-0.05, 0) is 31.0 Å². The summed E-state index contributed by atoms with van der Waals surface area (Å²) in [6, 6.07) is 5.67. The van der Waals surface area contributed by atoms with Crippen molar-refractivity contribution in [1.29, 1.82) is 0 Å². The molecule has 0 radical (unpaired) electrons. The molecule has 2 amide bonds. The molecule has 0 aliphatic carbocycles. The molecule has 0 aromatic heterocycles. The first kappa shape index (κ1) is 15.0. The molecule has 4 nitrogen and oxygen atoms in total. The van der Waals surface area contributed by atoms with Gasteiger partial charge in [-0.3, -0.25) is 9.59 Å². The van der Waals surface area contributed by atoms with Crippen molar-refractivity contribution in [2.75, 3.05) is 26.2 Å². The Morgan fingerprint density at radius 3 is 2.40 bits per heavy atom. The Labute approximate surface area is 127 Å². The zero-order valence-electron chi connectivity index (χ0n) is 11.9. The highest BCUT2D eigenvalue weighted by atomic mass is 79.9. The topological polar surface area (TPSA) is 40.6 Å². The number of carbonyl (C=O) groups excluding carboxylic acids is 2. The molecule has 2 rings (SSSR count). The summed E-state index contributed by atoms with van der Waals surface area (Å²) in [6.07, 6.45) is 0.832. The van der Waals surface area contributed by atoms with Crippen molar-refractivity contribution in [3.8, 4) is 0 Å². The molecule has 0 unspecified atom stereocenters. The largest absolute Gasteiger partial charge is 0.341 e. The lowest BCUT2D eigenvalue weighted by molar-refractivity contribution is -0.128. The lowest BCUT2D eigenvalue weighted by Gasteiger charge is -2.21. The van der Waals surface area contributed by atoms with Crippen molar-refractivity contribution >= 4 is 27.7 Å². The van der Waals surface area contributed by atoms with Crippen LogP contribution < -0.4 is 0 Å². The zero-order chi connectivity index (χ0) is 14.7. The third kappa shape index (κ3) is 3.39. The average molecular weight is 339 g/mol. The van der Waals surface area contributed by atoms with Crippen molar-refractivity contribution in [2.45, 2.75) is 20.3 Å². The van der Waals surface area contributed by atoms with E-state index in [1.807, 2.05) is 30.0 Å². The summed E-state index contributed by atoms with van der Waals surface area (Å²) in [5, 5.41) is 0. The van der Waals surface area contributed by atoms with Gasteiger partial charge in [0.05, 0.1) is 0 Å². The van der Waals surface area contributed by atoms with Crippen LogP contribution in [0.5, 0.6) is 0 Å². The van der Waals surface area contributed by atoms with Crippen molar-refractivity contribution in [3.05, 3.63) is 33.8 Å². The minimum atomic E-state index is 0.0381. The number of benzene rings is 1. The van der Waals surface area contributed by atoms with E-state index >= 15 is 0 Å². The molecule has 1 aliphatic rings. The Balaban J connectivity index is 2.09. The molecule has 5 heteroatoms. The number of rotatable bonds is 1. The maximum Gasteiger partial charge on any atom is 0.253 e. The molecule has 1 saturated heterocycles. The first-order chi connectivity index (χ1) is 9.49. The van der Waals surface area contributed by atoms with E-state index in [0.29, 0.717) is 25.2 Å². The van der Waals surface area contributed by atoms with Crippen LogP contribution in [-0.2, 0) is 4.79 Å². The van der Waals surface area contributed by atoms with Gasteiger partial charge < -0.3 is 9.80 Å². The number of hydrogen-bond acceptors (Lipinski definition) is 2. The predicted octanol–water partition coefficient (Wildman–Crippen LogP) is 2.45. The summed E-state index contributed by atoms with van der Waals surface area (Å²) in [5.74, 6) is 0.119. The molecule has 20 heavy (non-hydrogen) atoms. The first-order valence-corrected chi connectivity index (χ1v) is 7.59. The van der Waals surface area contributed by atoms with Gasteiger partial charge in [-0.25, -0.2) is 0 Å². The normalized spacial score (nSPS) is 15.9. The Kier molecular flexibility index (Phi) is 4.81. The van der Waals surface area contributed by atoms with Crippen molar-refractivity contribution < 1.29 is 9.59 Å². The second kappa shape index (κ2) is 6.39. The van der Waals surface area contributed by atoms with Gasteiger partial charge in [-0.15, -0.1) is 0 Å². The van der Waals surface area contributed by atoms with E-state index in [2.05, 4.69) is 15.9 Å². The summed E-state index contributed by atoms with van der Waals surface area (Å²) in [5.41, 5.74) is 1.80. The van der Waals surface area contributed by atoms with Crippen LogP contribution in [0.4, 0.5) is 0 Å². The SMILES string of the molecule is CC(=O)N1CCCN(C(=O)c2ccc(C)c(Br)c2)CC1. The van der Waals surface area contributed by atoms with E-state index in [1.54, 1.807) is 11.8 Å². The Hall–Kier alpha value is -1.36. The van der Waals surface area contributed by atoms with E-state index in [0.717, 1.165) is 23.0 Å². The van der Waals surface area contributed by atoms with Gasteiger partial charge in [-0.2, -0.15) is 0 Å².